The number of rotatable bonds is 6. The molecule has 1 unspecified atom stereocenters. The van der Waals surface area contributed by atoms with Crippen LogP contribution < -0.4 is 5.73 Å². The SMILES string of the molecule is NC(=O)C1(Cc2cccc(-c3ccncc3)c2)CCCN(Cc2ccncc2)C1. The lowest BCUT2D eigenvalue weighted by Crippen LogP contribution is -2.51. The zero-order valence-corrected chi connectivity index (χ0v) is 16.5. The van der Waals surface area contributed by atoms with Gasteiger partial charge in [-0.05, 0) is 72.3 Å². The van der Waals surface area contributed by atoms with Gasteiger partial charge >= 0.3 is 0 Å². The predicted octanol–water partition coefficient (Wildman–Crippen LogP) is 3.45. The van der Waals surface area contributed by atoms with Gasteiger partial charge in [0.2, 0.25) is 5.91 Å². The van der Waals surface area contributed by atoms with Crippen molar-refractivity contribution in [2.75, 3.05) is 13.1 Å². The molecule has 0 spiro atoms. The molecule has 4 rings (SSSR count). The Labute approximate surface area is 171 Å². The van der Waals surface area contributed by atoms with Crippen LogP contribution in [0.5, 0.6) is 0 Å². The first kappa shape index (κ1) is 19.3. The second-order valence-corrected chi connectivity index (χ2v) is 7.93. The van der Waals surface area contributed by atoms with E-state index in [1.54, 1.807) is 12.4 Å². The minimum Gasteiger partial charge on any atom is -0.369 e. The summed E-state index contributed by atoms with van der Waals surface area (Å²) in [7, 11) is 0. The maximum Gasteiger partial charge on any atom is 0.225 e. The van der Waals surface area contributed by atoms with Crippen LogP contribution in [0.3, 0.4) is 0 Å². The predicted molar refractivity (Wildman–Crippen MR) is 114 cm³/mol. The maximum atomic E-state index is 12.6. The minimum atomic E-state index is -0.540. The lowest BCUT2D eigenvalue weighted by molar-refractivity contribution is -0.131. The van der Waals surface area contributed by atoms with E-state index in [9.17, 15) is 4.79 Å². The monoisotopic (exact) mass is 386 g/mol. The molecule has 0 saturated carbocycles. The Kier molecular flexibility index (Phi) is 5.67. The summed E-state index contributed by atoms with van der Waals surface area (Å²) in [4.78, 5) is 23.1. The molecule has 148 valence electrons. The lowest BCUT2D eigenvalue weighted by Gasteiger charge is -2.41. The fraction of sp³-hybridized carbons (Fsp3) is 0.292. The van der Waals surface area contributed by atoms with Crippen LogP contribution >= 0.6 is 0 Å². The number of amides is 1. The molecule has 0 bridgehead atoms. The van der Waals surface area contributed by atoms with E-state index >= 15 is 0 Å². The third kappa shape index (κ3) is 4.51. The number of carbonyl (C=O) groups excluding carboxylic acids is 1. The molecular formula is C24H26N4O. The van der Waals surface area contributed by atoms with Crippen LogP contribution in [0.25, 0.3) is 11.1 Å². The Balaban J connectivity index is 1.55. The highest BCUT2D eigenvalue weighted by Gasteiger charge is 2.40. The van der Waals surface area contributed by atoms with Crippen LogP contribution in [-0.4, -0.2) is 33.9 Å². The summed E-state index contributed by atoms with van der Waals surface area (Å²) < 4.78 is 0. The van der Waals surface area contributed by atoms with Crippen molar-refractivity contribution >= 4 is 5.91 Å². The molecule has 0 radical (unpaired) electrons. The Hall–Kier alpha value is -3.05. The zero-order chi connectivity index (χ0) is 20.1. The van der Waals surface area contributed by atoms with E-state index in [2.05, 4.69) is 39.1 Å². The average molecular weight is 386 g/mol. The molecule has 1 amide bonds. The van der Waals surface area contributed by atoms with Gasteiger partial charge in [-0.25, -0.2) is 0 Å². The summed E-state index contributed by atoms with van der Waals surface area (Å²) in [5.41, 5.74) is 10.0. The first-order chi connectivity index (χ1) is 14.1. The standard InChI is InChI=1S/C24H26N4O/c25-23(29)24(9-2-14-28(18-24)17-19-5-10-26-11-6-19)16-20-3-1-4-22(15-20)21-7-12-27-13-8-21/h1,3-8,10-13,15H,2,9,14,16-18H2,(H2,25,29). The van der Waals surface area contributed by atoms with Crippen LogP contribution in [0.1, 0.15) is 24.0 Å². The summed E-state index contributed by atoms with van der Waals surface area (Å²) >= 11 is 0. The van der Waals surface area contributed by atoms with Gasteiger partial charge in [-0.15, -0.1) is 0 Å². The van der Waals surface area contributed by atoms with Crippen LogP contribution in [0.4, 0.5) is 0 Å². The van der Waals surface area contributed by atoms with Crippen LogP contribution in [-0.2, 0) is 17.8 Å². The van der Waals surface area contributed by atoms with E-state index in [1.165, 1.54) is 5.56 Å². The van der Waals surface area contributed by atoms with Gasteiger partial charge in [-0.2, -0.15) is 0 Å². The summed E-state index contributed by atoms with van der Waals surface area (Å²) in [5.74, 6) is -0.203. The van der Waals surface area contributed by atoms with E-state index in [0.29, 0.717) is 13.0 Å². The molecule has 2 aromatic heterocycles. The van der Waals surface area contributed by atoms with Gasteiger partial charge in [0.25, 0.3) is 0 Å². The third-order valence-corrected chi connectivity index (χ3v) is 5.82. The topological polar surface area (TPSA) is 72.1 Å². The van der Waals surface area contributed by atoms with Crippen LogP contribution in [0.2, 0.25) is 0 Å². The highest BCUT2D eigenvalue weighted by Crippen LogP contribution is 2.35. The second kappa shape index (κ2) is 8.53. The molecule has 5 heteroatoms. The van der Waals surface area contributed by atoms with Crippen molar-refractivity contribution in [3.05, 3.63) is 84.4 Å². The van der Waals surface area contributed by atoms with E-state index in [-0.39, 0.29) is 5.91 Å². The lowest BCUT2D eigenvalue weighted by atomic mass is 9.74. The molecule has 1 aliphatic rings. The summed E-state index contributed by atoms with van der Waals surface area (Å²) in [6, 6.07) is 16.5. The molecule has 1 fully saturated rings. The van der Waals surface area contributed by atoms with Crippen molar-refractivity contribution in [1.29, 1.82) is 0 Å². The second-order valence-electron chi connectivity index (χ2n) is 7.93. The number of aromatic nitrogens is 2. The van der Waals surface area contributed by atoms with Crippen molar-refractivity contribution in [1.82, 2.24) is 14.9 Å². The Bertz CT molecular complexity index is 961. The highest BCUT2D eigenvalue weighted by atomic mass is 16.1. The van der Waals surface area contributed by atoms with Gasteiger partial charge in [0.1, 0.15) is 0 Å². The molecule has 1 saturated heterocycles. The summed E-state index contributed by atoms with van der Waals surface area (Å²) in [6.07, 6.45) is 9.67. The molecule has 0 aliphatic carbocycles. The van der Waals surface area contributed by atoms with Gasteiger partial charge in [-0.1, -0.05) is 24.3 Å². The number of benzene rings is 1. The molecule has 5 nitrogen and oxygen atoms in total. The Morgan fingerprint density at radius 2 is 1.69 bits per heavy atom. The van der Waals surface area contributed by atoms with Crippen molar-refractivity contribution in [2.24, 2.45) is 11.1 Å². The summed E-state index contributed by atoms with van der Waals surface area (Å²) in [5, 5.41) is 0. The first-order valence-electron chi connectivity index (χ1n) is 10.1. The number of carbonyl (C=O) groups is 1. The summed E-state index contributed by atoms with van der Waals surface area (Å²) in [6.45, 7) is 2.48. The maximum absolute atomic E-state index is 12.6. The van der Waals surface area contributed by atoms with Crippen molar-refractivity contribution in [3.8, 4) is 11.1 Å². The smallest absolute Gasteiger partial charge is 0.225 e. The van der Waals surface area contributed by atoms with Gasteiger partial charge in [0.05, 0.1) is 5.41 Å². The Morgan fingerprint density at radius 3 is 2.41 bits per heavy atom. The minimum absolute atomic E-state index is 0.203. The number of pyridine rings is 2. The zero-order valence-electron chi connectivity index (χ0n) is 16.5. The first-order valence-corrected chi connectivity index (χ1v) is 10.1. The number of piperidine rings is 1. The van der Waals surface area contributed by atoms with Crippen LogP contribution in [0, 0.1) is 5.41 Å². The van der Waals surface area contributed by atoms with Crippen molar-refractivity contribution in [2.45, 2.75) is 25.8 Å². The molecule has 2 N–H and O–H groups in total. The molecule has 3 aromatic rings. The van der Waals surface area contributed by atoms with Crippen molar-refractivity contribution in [3.63, 3.8) is 0 Å². The Morgan fingerprint density at radius 1 is 0.966 bits per heavy atom. The van der Waals surface area contributed by atoms with E-state index in [4.69, 9.17) is 5.73 Å². The van der Waals surface area contributed by atoms with Gasteiger partial charge in [0, 0.05) is 37.9 Å². The van der Waals surface area contributed by atoms with E-state index in [0.717, 1.165) is 42.6 Å². The number of primary amides is 1. The fourth-order valence-electron chi connectivity index (χ4n) is 4.34. The molecule has 1 aromatic carbocycles. The molecular weight excluding hydrogens is 360 g/mol. The quantitative estimate of drug-likeness (QED) is 0.704. The highest BCUT2D eigenvalue weighted by molar-refractivity contribution is 5.81. The average Bonchev–Trinajstić information content (AvgIpc) is 2.75. The van der Waals surface area contributed by atoms with E-state index < -0.39 is 5.41 Å². The van der Waals surface area contributed by atoms with Crippen molar-refractivity contribution < 1.29 is 4.79 Å². The largest absolute Gasteiger partial charge is 0.369 e. The molecule has 1 aliphatic heterocycles. The number of nitrogens with zero attached hydrogens (tertiary/aromatic N) is 3. The normalized spacial score (nSPS) is 19.7. The molecule has 1 atom stereocenters. The number of hydrogen-bond donors (Lipinski definition) is 1. The third-order valence-electron chi connectivity index (χ3n) is 5.82. The number of nitrogens with two attached hydrogens (primary N) is 1. The van der Waals surface area contributed by atoms with Gasteiger partial charge in [-0.3, -0.25) is 19.7 Å². The number of likely N-dealkylation sites (tertiary alicyclic amines) is 1. The molecule has 29 heavy (non-hydrogen) atoms. The van der Waals surface area contributed by atoms with E-state index in [1.807, 2.05) is 36.7 Å². The van der Waals surface area contributed by atoms with Gasteiger partial charge in [0.15, 0.2) is 0 Å². The van der Waals surface area contributed by atoms with Gasteiger partial charge < -0.3 is 5.73 Å². The fourth-order valence-corrected chi connectivity index (χ4v) is 4.34. The molecule has 3 heterocycles. The number of hydrogen-bond acceptors (Lipinski definition) is 4. The van der Waals surface area contributed by atoms with Crippen LogP contribution in [0.15, 0.2) is 73.3 Å².